The van der Waals surface area contributed by atoms with Gasteiger partial charge < -0.3 is 5.73 Å². The molecule has 1 fully saturated rings. The van der Waals surface area contributed by atoms with Crippen molar-refractivity contribution >= 4 is 17.4 Å². The molecule has 72 valence electrons. The first-order valence-corrected chi connectivity index (χ1v) is 5.01. The van der Waals surface area contributed by atoms with Crippen LogP contribution >= 0.6 is 11.6 Å². The van der Waals surface area contributed by atoms with Crippen LogP contribution in [0.15, 0.2) is 6.20 Å². The lowest BCUT2D eigenvalue weighted by molar-refractivity contribution is 0.182. The molecule has 3 nitrogen and oxygen atoms in total. The first-order valence-electron chi connectivity index (χ1n) is 4.63. The fourth-order valence-electron chi connectivity index (χ4n) is 1.99. The standard InChI is InChI=1S/C9H14ClN3/c1-6-2-7(3-6)4-13-5-8(10)9(11)12-13/h5-7H,2-4H2,1H3,(H2,11,12). The third kappa shape index (κ3) is 1.80. The molecule has 13 heavy (non-hydrogen) atoms. The molecule has 0 saturated heterocycles. The molecular formula is C9H14ClN3. The van der Waals surface area contributed by atoms with E-state index in [1.54, 1.807) is 6.20 Å². The molecular weight excluding hydrogens is 186 g/mol. The highest BCUT2D eigenvalue weighted by molar-refractivity contribution is 6.32. The molecule has 0 unspecified atom stereocenters. The van der Waals surface area contributed by atoms with Crippen LogP contribution in [-0.4, -0.2) is 9.78 Å². The summed E-state index contributed by atoms with van der Waals surface area (Å²) in [4.78, 5) is 0. The minimum Gasteiger partial charge on any atom is -0.381 e. The molecule has 0 aromatic carbocycles. The lowest BCUT2D eigenvalue weighted by atomic mass is 9.76. The Kier molecular flexibility index (Phi) is 2.20. The lowest BCUT2D eigenvalue weighted by Gasteiger charge is -2.32. The Balaban J connectivity index is 1.95. The minimum atomic E-state index is 0.439. The number of nitrogens with two attached hydrogens (primary N) is 1. The van der Waals surface area contributed by atoms with Gasteiger partial charge in [0.1, 0.15) is 5.02 Å². The zero-order chi connectivity index (χ0) is 9.42. The number of nitrogens with zero attached hydrogens (tertiary/aromatic N) is 2. The van der Waals surface area contributed by atoms with Crippen molar-refractivity contribution in [3.8, 4) is 0 Å². The monoisotopic (exact) mass is 199 g/mol. The first kappa shape index (κ1) is 8.88. The molecule has 2 rings (SSSR count). The highest BCUT2D eigenvalue weighted by Gasteiger charge is 2.25. The van der Waals surface area contributed by atoms with E-state index in [1.807, 2.05) is 4.68 Å². The number of hydrogen-bond acceptors (Lipinski definition) is 2. The summed E-state index contributed by atoms with van der Waals surface area (Å²) < 4.78 is 1.86. The van der Waals surface area contributed by atoms with E-state index >= 15 is 0 Å². The van der Waals surface area contributed by atoms with Crippen LogP contribution in [-0.2, 0) is 6.54 Å². The zero-order valence-electron chi connectivity index (χ0n) is 7.70. The van der Waals surface area contributed by atoms with E-state index < -0.39 is 0 Å². The van der Waals surface area contributed by atoms with E-state index in [2.05, 4.69) is 12.0 Å². The Bertz CT molecular complexity index is 282. The molecule has 1 aliphatic carbocycles. The topological polar surface area (TPSA) is 43.8 Å². The number of hydrogen-bond donors (Lipinski definition) is 1. The largest absolute Gasteiger partial charge is 0.381 e. The van der Waals surface area contributed by atoms with Gasteiger partial charge >= 0.3 is 0 Å². The normalized spacial score (nSPS) is 27.2. The average molecular weight is 200 g/mol. The van der Waals surface area contributed by atoms with E-state index in [0.29, 0.717) is 10.8 Å². The fraction of sp³-hybridized carbons (Fsp3) is 0.667. The average Bonchev–Trinajstić information content (AvgIpc) is 2.28. The van der Waals surface area contributed by atoms with Crippen LogP contribution in [0.3, 0.4) is 0 Å². The van der Waals surface area contributed by atoms with Gasteiger partial charge in [-0.25, -0.2) is 0 Å². The van der Waals surface area contributed by atoms with Crippen LogP contribution in [0, 0.1) is 11.8 Å². The third-order valence-corrected chi connectivity index (χ3v) is 2.95. The Hall–Kier alpha value is -0.700. The maximum Gasteiger partial charge on any atom is 0.164 e. The van der Waals surface area contributed by atoms with Crippen molar-refractivity contribution < 1.29 is 0 Å². The highest BCUT2D eigenvalue weighted by Crippen LogP contribution is 2.34. The quantitative estimate of drug-likeness (QED) is 0.794. The number of aromatic nitrogens is 2. The molecule has 2 N–H and O–H groups in total. The molecule has 0 bridgehead atoms. The molecule has 1 heterocycles. The van der Waals surface area contributed by atoms with Gasteiger partial charge in [-0.05, 0) is 24.7 Å². The van der Waals surface area contributed by atoms with E-state index in [1.165, 1.54) is 12.8 Å². The van der Waals surface area contributed by atoms with E-state index in [-0.39, 0.29) is 0 Å². The third-order valence-electron chi connectivity index (χ3n) is 2.66. The minimum absolute atomic E-state index is 0.439. The molecule has 1 aromatic rings. The zero-order valence-corrected chi connectivity index (χ0v) is 8.46. The first-order chi connectivity index (χ1) is 6.15. The summed E-state index contributed by atoms with van der Waals surface area (Å²) in [5, 5.41) is 4.68. The van der Waals surface area contributed by atoms with Gasteiger partial charge in [-0.3, -0.25) is 4.68 Å². The molecule has 0 aliphatic heterocycles. The van der Waals surface area contributed by atoms with E-state index in [0.717, 1.165) is 18.4 Å². The summed E-state index contributed by atoms with van der Waals surface area (Å²) in [5.41, 5.74) is 5.54. The van der Waals surface area contributed by atoms with Crippen molar-refractivity contribution in [2.45, 2.75) is 26.3 Å². The van der Waals surface area contributed by atoms with Gasteiger partial charge in [-0.2, -0.15) is 5.10 Å². The van der Waals surface area contributed by atoms with Crippen molar-refractivity contribution in [1.29, 1.82) is 0 Å². The number of anilines is 1. The SMILES string of the molecule is CC1CC(Cn2cc(Cl)c(N)n2)C1. The molecule has 1 aromatic heterocycles. The fourth-order valence-corrected chi connectivity index (χ4v) is 2.14. The van der Waals surface area contributed by atoms with Crippen LogP contribution in [0.4, 0.5) is 5.82 Å². The molecule has 0 amide bonds. The Morgan fingerprint density at radius 3 is 2.85 bits per heavy atom. The Labute approximate surface area is 82.9 Å². The van der Waals surface area contributed by atoms with Crippen molar-refractivity contribution in [2.24, 2.45) is 11.8 Å². The van der Waals surface area contributed by atoms with Crippen molar-refractivity contribution in [1.82, 2.24) is 9.78 Å². The van der Waals surface area contributed by atoms with E-state index in [9.17, 15) is 0 Å². The van der Waals surface area contributed by atoms with Crippen LogP contribution in [0.5, 0.6) is 0 Å². The van der Waals surface area contributed by atoms with E-state index in [4.69, 9.17) is 17.3 Å². The van der Waals surface area contributed by atoms with Gasteiger partial charge in [0.05, 0.1) is 0 Å². The summed E-state index contributed by atoms with van der Waals surface area (Å²) in [6.45, 7) is 3.24. The van der Waals surface area contributed by atoms with Crippen molar-refractivity contribution in [3.05, 3.63) is 11.2 Å². The lowest BCUT2D eigenvalue weighted by Crippen LogP contribution is -2.25. The number of nitrogen functional groups attached to an aromatic ring is 1. The van der Waals surface area contributed by atoms with Gasteiger partial charge in [-0.15, -0.1) is 0 Å². The molecule has 0 spiro atoms. The summed E-state index contributed by atoms with van der Waals surface area (Å²) in [6.07, 6.45) is 4.41. The second-order valence-electron chi connectivity index (χ2n) is 4.03. The van der Waals surface area contributed by atoms with Crippen molar-refractivity contribution in [3.63, 3.8) is 0 Å². The molecule has 1 saturated carbocycles. The van der Waals surface area contributed by atoms with Crippen LogP contribution in [0.25, 0.3) is 0 Å². The molecule has 1 aliphatic rings. The maximum atomic E-state index is 5.79. The van der Waals surface area contributed by atoms with Crippen LogP contribution < -0.4 is 5.73 Å². The Morgan fingerprint density at radius 2 is 2.38 bits per heavy atom. The molecule has 0 atom stereocenters. The highest BCUT2D eigenvalue weighted by atomic mass is 35.5. The second-order valence-corrected chi connectivity index (χ2v) is 4.43. The maximum absolute atomic E-state index is 5.79. The summed E-state index contributed by atoms with van der Waals surface area (Å²) in [6, 6.07) is 0. The summed E-state index contributed by atoms with van der Waals surface area (Å²) >= 11 is 5.79. The predicted molar refractivity (Wildman–Crippen MR) is 53.5 cm³/mol. The molecule has 0 radical (unpaired) electrons. The number of rotatable bonds is 2. The second kappa shape index (κ2) is 3.22. The number of halogens is 1. The van der Waals surface area contributed by atoms with Gasteiger partial charge in [0.2, 0.25) is 0 Å². The van der Waals surface area contributed by atoms with Gasteiger partial charge in [-0.1, -0.05) is 18.5 Å². The predicted octanol–water partition coefficient (Wildman–Crippen LogP) is 2.16. The summed E-state index contributed by atoms with van der Waals surface area (Å²) in [5.74, 6) is 2.09. The van der Waals surface area contributed by atoms with Crippen LogP contribution in [0.1, 0.15) is 19.8 Å². The summed E-state index contributed by atoms with van der Waals surface area (Å²) in [7, 11) is 0. The van der Waals surface area contributed by atoms with Gasteiger partial charge in [0.25, 0.3) is 0 Å². The van der Waals surface area contributed by atoms with Gasteiger partial charge in [0.15, 0.2) is 5.82 Å². The smallest absolute Gasteiger partial charge is 0.164 e. The Morgan fingerprint density at radius 1 is 1.69 bits per heavy atom. The van der Waals surface area contributed by atoms with Gasteiger partial charge in [0, 0.05) is 12.7 Å². The van der Waals surface area contributed by atoms with Crippen molar-refractivity contribution in [2.75, 3.05) is 5.73 Å². The molecule has 4 heteroatoms. The van der Waals surface area contributed by atoms with Crippen LogP contribution in [0.2, 0.25) is 5.02 Å².